The SMILES string of the molecule is COc1ccc(C2=CN(Cc3cccc(C)c3)C(=O)NC2)cc1OC1CCCC1. The summed E-state index contributed by atoms with van der Waals surface area (Å²) < 4.78 is 11.7. The molecule has 0 aromatic heterocycles. The van der Waals surface area contributed by atoms with Crippen molar-refractivity contribution in [3.05, 3.63) is 65.4 Å². The molecule has 5 nitrogen and oxygen atoms in total. The number of nitrogens with one attached hydrogen (secondary N) is 1. The van der Waals surface area contributed by atoms with Gasteiger partial charge in [-0.1, -0.05) is 35.9 Å². The Hall–Kier alpha value is -2.95. The molecule has 152 valence electrons. The highest BCUT2D eigenvalue weighted by Gasteiger charge is 2.22. The Kier molecular flexibility index (Phi) is 5.74. The van der Waals surface area contributed by atoms with Gasteiger partial charge in [-0.25, -0.2) is 4.79 Å². The lowest BCUT2D eigenvalue weighted by Crippen LogP contribution is -2.41. The van der Waals surface area contributed by atoms with Gasteiger partial charge in [0.1, 0.15) is 0 Å². The largest absolute Gasteiger partial charge is 0.493 e. The molecule has 1 fully saturated rings. The first kappa shape index (κ1) is 19.4. The second kappa shape index (κ2) is 8.60. The molecule has 0 saturated heterocycles. The summed E-state index contributed by atoms with van der Waals surface area (Å²) in [5.41, 5.74) is 4.38. The minimum absolute atomic E-state index is 0.0776. The molecule has 0 radical (unpaired) electrons. The summed E-state index contributed by atoms with van der Waals surface area (Å²) >= 11 is 0. The molecule has 1 saturated carbocycles. The van der Waals surface area contributed by atoms with Gasteiger partial charge in [0, 0.05) is 12.7 Å². The Morgan fingerprint density at radius 3 is 2.69 bits per heavy atom. The van der Waals surface area contributed by atoms with Gasteiger partial charge in [-0.3, -0.25) is 4.90 Å². The first-order valence-corrected chi connectivity index (χ1v) is 10.3. The Labute approximate surface area is 172 Å². The zero-order chi connectivity index (χ0) is 20.2. The summed E-state index contributed by atoms with van der Waals surface area (Å²) in [6.45, 7) is 3.10. The van der Waals surface area contributed by atoms with Crippen LogP contribution >= 0.6 is 0 Å². The normalized spacial score (nSPS) is 17.1. The van der Waals surface area contributed by atoms with Crippen LogP contribution in [0.2, 0.25) is 0 Å². The van der Waals surface area contributed by atoms with Crippen LogP contribution in [-0.2, 0) is 6.54 Å². The number of hydrogen-bond donors (Lipinski definition) is 1. The van der Waals surface area contributed by atoms with E-state index < -0.39 is 0 Å². The van der Waals surface area contributed by atoms with Crippen LogP contribution in [0.3, 0.4) is 0 Å². The summed E-state index contributed by atoms with van der Waals surface area (Å²) in [5.74, 6) is 1.53. The minimum atomic E-state index is -0.0776. The molecule has 2 aromatic carbocycles. The van der Waals surface area contributed by atoms with E-state index >= 15 is 0 Å². The molecule has 1 aliphatic heterocycles. The summed E-state index contributed by atoms with van der Waals surface area (Å²) in [6.07, 6.45) is 6.84. The van der Waals surface area contributed by atoms with Gasteiger partial charge in [0.2, 0.25) is 0 Å². The highest BCUT2D eigenvalue weighted by molar-refractivity contribution is 5.84. The molecular formula is C24H28N2O3. The van der Waals surface area contributed by atoms with Crippen LogP contribution < -0.4 is 14.8 Å². The van der Waals surface area contributed by atoms with Crippen molar-refractivity contribution in [2.24, 2.45) is 0 Å². The second-order valence-corrected chi connectivity index (χ2v) is 7.82. The van der Waals surface area contributed by atoms with Gasteiger partial charge < -0.3 is 14.8 Å². The lowest BCUT2D eigenvalue weighted by atomic mass is 10.0. The maximum absolute atomic E-state index is 12.4. The fraction of sp³-hybridized carbons (Fsp3) is 0.375. The molecule has 2 aromatic rings. The summed E-state index contributed by atoms with van der Waals surface area (Å²) in [7, 11) is 1.67. The summed E-state index contributed by atoms with van der Waals surface area (Å²) in [5, 5.41) is 2.98. The number of carbonyl (C=O) groups is 1. The van der Waals surface area contributed by atoms with E-state index in [1.54, 1.807) is 12.0 Å². The zero-order valence-electron chi connectivity index (χ0n) is 17.1. The fourth-order valence-corrected chi connectivity index (χ4v) is 4.02. The van der Waals surface area contributed by atoms with E-state index in [-0.39, 0.29) is 12.1 Å². The molecule has 0 bridgehead atoms. The van der Waals surface area contributed by atoms with Crippen molar-refractivity contribution in [3.8, 4) is 11.5 Å². The van der Waals surface area contributed by atoms with Gasteiger partial charge in [-0.15, -0.1) is 0 Å². The zero-order valence-corrected chi connectivity index (χ0v) is 17.1. The molecule has 0 spiro atoms. The van der Waals surface area contributed by atoms with Crippen LogP contribution in [0.5, 0.6) is 11.5 Å². The number of methoxy groups -OCH3 is 1. The number of aryl methyl sites for hydroxylation is 1. The van der Waals surface area contributed by atoms with Gasteiger partial charge in [0.25, 0.3) is 0 Å². The highest BCUT2D eigenvalue weighted by Crippen LogP contribution is 2.34. The average molecular weight is 392 g/mol. The van der Waals surface area contributed by atoms with Gasteiger partial charge in [-0.05, 0) is 61.4 Å². The van der Waals surface area contributed by atoms with E-state index in [1.165, 1.54) is 18.4 Å². The van der Waals surface area contributed by atoms with Crippen LogP contribution in [0.25, 0.3) is 5.57 Å². The summed E-state index contributed by atoms with van der Waals surface area (Å²) in [4.78, 5) is 14.1. The van der Waals surface area contributed by atoms with Crippen LogP contribution in [0.1, 0.15) is 42.4 Å². The Morgan fingerprint density at radius 1 is 1.10 bits per heavy atom. The Balaban J connectivity index is 1.58. The van der Waals surface area contributed by atoms with E-state index in [1.807, 2.05) is 36.5 Å². The topological polar surface area (TPSA) is 50.8 Å². The Bertz CT molecular complexity index is 916. The van der Waals surface area contributed by atoms with Crippen molar-refractivity contribution < 1.29 is 14.3 Å². The van der Waals surface area contributed by atoms with E-state index in [4.69, 9.17) is 9.47 Å². The van der Waals surface area contributed by atoms with Gasteiger partial charge in [0.05, 0.1) is 19.8 Å². The predicted molar refractivity (Wildman–Crippen MR) is 114 cm³/mol. The standard InChI is InChI=1S/C24H28N2O3/c1-17-6-5-7-18(12-17)15-26-16-20(14-25-24(26)27)19-10-11-22(28-2)23(13-19)29-21-8-3-4-9-21/h5-7,10-13,16,21H,3-4,8-9,14-15H2,1-2H3,(H,25,27). The van der Waals surface area contributed by atoms with Gasteiger partial charge in [0.15, 0.2) is 11.5 Å². The third kappa shape index (κ3) is 4.56. The van der Waals surface area contributed by atoms with Crippen molar-refractivity contribution in [3.63, 3.8) is 0 Å². The third-order valence-corrected chi connectivity index (χ3v) is 5.57. The van der Waals surface area contributed by atoms with Gasteiger partial charge in [-0.2, -0.15) is 0 Å². The van der Waals surface area contributed by atoms with Gasteiger partial charge >= 0.3 is 6.03 Å². The lowest BCUT2D eigenvalue weighted by molar-refractivity contribution is 0.200. The van der Waals surface area contributed by atoms with Crippen molar-refractivity contribution in [1.29, 1.82) is 0 Å². The minimum Gasteiger partial charge on any atom is -0.493 e. The molecule has 1 N–H and O–H groups in total. The monoisotopic (exact) mass is 392 g/mol. The van der Waals surface area contributed by atoms with Crippen molar-refractivity contribution in [2.75, 3.05) is 13.7 Å². The number of amides is 2. The number of carbonyl (C=O) groups excluding carboxylic acids is 1. The molecule has 1 heterocycles. The third-order valence-electron chi connectivity index (χ3n) is 5.57. The van der Waals surface area contributed by atoms with Crippen molar-refractivity contribution in [1.82, 2.24) is 10.2 Å². The molecule has 5 heteroatoms. The lowest BCUT2D eigenvalue weighted by Gasteiger charge is -2.27. The Morgan fingerprint density at radius 2 is 1.93 bits per heavy atom. The maximum atomic E-state index is 12.4. The number of rotatable bonds is 6. The highest BCUT2D eigenvalue weighted by atomic mass is 16.5. The van der Waals surface area contributed by atoms with Crippen LogP contribution in [-0.4, -0.2) is 30.7 Å². The molecule has 2 amide bonds. The first-order chi connectivity index (χ1) is 14.1. The van der Waals surface area contributed by atoms with E-state index in [0.717, 1.165) is 41.0 Å². The number of hydrogen-bond acceptors (Lipinski definition) is 3. The number of urea groups is 1. The van der Waals surface area contributed by atoms with Crippen LogP contribution in [0.4, 0.5) is 4.79 Å². The van der Waals surface area contributed by atoms with E-state index in [0.29, 0.717) is 13.1 Å². The number of ether oxygens (including phenoxy) is 2. The smallest absolute Gasteiger partial charge is 0.321 e. The fourth-order valence-electron chi connectivity index (χ4n) is 4.02. The number of nitrogens with zero attached hydrogens (tertiary/aromatic N) is 1. The van der Waals surface area contributed by atoms with Crippen LogP contribution in [0.15, 0.2) is 48.7 Å². The molecule has 2 aliphatic rings. The number of benzene rings is 2. The summed E-state index contributed by atoms with van der Waals surface area (Å²) in [6, 6.07) is 14.2. The predicted octanol–water partition coefficient (Wildman–Crippen LogP) is 4.89. The van der Waals surface area contributed by atoms with Crippen LogP contribution in [0, 0.1) is 6.92 Å². The van der Waals surface area contributed by atoms with Crippen molar-refractivity contribution in [2.45, 2.75) is 45.3 Å². The molecule has 29 heavy (non-hydrogen) atoms. The molecule has 0 atom stereocenters. The molecular weight excluding hydrogens is 364 g/mol. The average Bonchev–Trinajstić information content (AvgIpc) is 3.23. The first-order valence-electron chi connectivity index (χ1n) is 10.3. The van der Waals surface area contributed by atoms with Crippen molar-refractivity contribution >= 4 is 11.6 Å². The second-order valence-electron chi connectivity index (χ2n) is 7.82. The molecule has 1 aliphatic carbocycles. The quantitative estimate of drug-likeness (QED) is 0.761. The van der Waals surface area contributed by atoms with E-state index in [2.05, 4.69) is 24.4 Å². The van der Waals surface area contributed by atoms with E-state index in [9.17, 15) is 4.79 Å². The maximum Gasteiger partial charge on any atom is 0.321 e. The molecule has 0 unspecified atom stereocenters. The molecule has 4 rings (SSSR count).